The van der Waals surface area contributed by atoms with Crippen molar-refractivity contribution in [1.82, 2.24) is 5.32 Å². The van der Waals surface area contributed by atoms with E-state index >= 15 is 8.78 Å². The summed E-state index contributed by atoms with van der Waals surface area (Å²) in [5.41, 5.74) is 3.47. The van der Waals surface area contributed by atoms with Crippen LogP contribution in [0.15, 0.2) is 48.5 Å². The minimum Gasteiger partial charge on any atom is -0.480 e. The second-order valence-electron chi connectivity index (χ2n) is 11.1. The topological polar surface area (TPSA) is 93.8 Å². The van der Waals surface area contributed by atoms with Gasteiger partial charge in [-0.2, -0.15) is 8.78 Å². The molecule has 0 spiro atoms. The Hall–Kier alpha value is -3.34. The molecule has 3 aromatic rings. The van der Waals surface area contributed by atoms with Crippen LogP contribution < -0.4 is 20.5 Å². The molecule has 2 aliphatic rings. The standard InChI is InChI=1S/C30H29ClF4N2O4/c1-29(2,39)16-10-17(11-16)37-14-30(15-6-4-3-5-7-15)13-19-22(41-30)12-20(32)25(31)23(19)24-18(27(36)38)8-9-21(26(24)33)40-28(34)35/h3-9,12,16-17,28,37,39H,10-11,13-14H2,1-2H3,(H2,36,38)/t16?,17?,30-/m1/s1. The SMILES string of the molecule is CC(C)(O)C1CC(NC[C@@]2(c3ccccc3)Cc3c(cc(F)c(Cl)c3-c3c(C(N)=O)ccc(OC(F)F)c3F)O2)C1. The van der Waals surface area contributed by atoms with Crippen molar-refractivity contribution in [2.45, 2.75) is 57.0 Å². The van der Waals surface area contributed by atoms with Crippen molar-refractivity contribution < 1.29 is 36.9 Å². The molecule has 1 atom stereocenters. The first-order valence-electron chi connectivity index (χ1n) is 13.1. The number of fused-ring (bicyclic) bond motifs is 1. The van der Waals surface area contributed by atoms with Crippen LogP contribution in [0.1, 0.15) is 48.2 Å². The van der Waals surface area contributed by atoms with E-state index < -0.39 is 51.7 Å². The van der Waals surface area contributed by atoms with Gasteiger partial charge in [0.05, 0.1) is 16.2 Å². The Kier molecular flexibility index (Phi) is 7.69. The van der Waals surface area contributed by atoms with Gasteiger partial charge in [0, 0.05) is 41.8 Å². The van der Waals surface area contributed by atoms with Crippen molar-refractivity contribution >= 4 is 17.5 Å². The Morgan fingerprint density at radius 1 is 1.20 bits per heavy atom. The van der Waals surface area contributed by atoms with Gasteiger partial charge in [0.2, 0.25) is 5.91 Å². The number of amides is 1. The number of rotatable bonds is 9. The quantitative estimate of drug-likeness (QED) is 0.267. The van der Waals surface area contributed by atoms with Gasteiger partial charge in [0.25, 0.3) is 0 Å². The number of nitrogens with one attached hydrogen (secondary N) is 1. The number of hydrogen-bond donors (Lipinski definition) is 3. The summed E-state index contributed by atoms with van der Waals surface area (Å²) in [6.45, 7) is 0.467. The molecular weight excluding hydrogens is 564 g/mol. The highest BCUT2D eigenvalue weighted by Crippen LogP contribution is 2.51. The van der Waals surface area contributed by atoms with Crippen LogP contribution in [0.2, 0.25) is 5.02 Å². The van der Waals surface area contributed by atoms with Crippen molar-refractivity contribution in [1.29, 1.82) is 0 Å². The first kappa shape index (κ1) is 29.2. The second-order valence-corrected chi connectivity index (χ2v) is 11.5. The molecule has 0 bridgehead atoms. The lowest BCUT2D eigenvalue weighted by atomic mass is 9.71. The Bertz CT molecular complexity index is 1480. The van der Waals surface area contributed by atoms with E-state index in [1.54, 1.807) is 13.8 Å². The molecule has 1 fully saturated rings. The fraction of sp³-hybridized carbons (Fsp3) is 0.367. The average Bonchev–Trinajstić information content (AvgIpc) is 3.24. The summed E-state index contributed by atoms with van der Waals surface area (Å²) in [4.78, 5) is 12.3. The molecular formula is C30H29ClF4N2O4. The van der Waals surface area contributed by atoms with Crippen LogP contribution in [0.3, 0.4) is 0 Å². The molecule has 218 valence electrons. The van der Waals surface area contributed by atoms with E-state index in [2.05, 4.69) is 10.1 Å². The van der Waals surface area contributed by atoms with Gasteiger partial charge in [-0.05, 0) is 50.3 Å². The third-order valence-corrected chi connectivity index (χ3v) is 8.37. The molecule has 1 aliphatic heterocycles. The van der Waals surface area contributed by atoms with Crippen molar-refractivity contribution in [3.05, 3.63) is 81.9 Å². The molecule has 0 unspecified atom stereocenters. The summed E-state index contributed by atoms with van der Waals surface area (Å²) >= 11 is 6.40. The lowest BCUT2D eigenvalue weighted by molar-refractivity contribution is -0.0521. The molecule has 5 rings (SSSR count). The maximum atomic E-state index is 15.8. The Morgan fingerprint density at radius 2 is 1.88 bits per heavy atom. The zero-order valence-electron chi connectivity index (χ0n) is 22.3. The number of primary amides is 1. The number of benzene rings is 3. The molecule has 0 aromatic heterocycles. The number of carbonyl (C=O) groups excluding carboxylic acids is 1. The molecule has 1 heterocycles. The highest BCUT2D eigenvalue weighted by atomic mass is 35.5. The summed E-state index contributed by atoms with van der Waals surface area (Å²) in [5.74, 6) is -4.02. The molecule has 3 aromatic carbocycles. The van der Waals surface area contributed by atoms with E-state index in [0.29, 0.717) is 0 Å². The van der Waals surface area contributed by atoms with E-state index in [0.717, 1.165) is 36.6 Å². The number of ether oxygens (including phenoxy) is 2. The number of alkyl halides is 2. The van der Waals surface area contributed by atoms with Gasteiger partial charge in [0.15, 0.2) is 17.2 Å². The van der Waals surface area contributed by atoms with E-state index in [-0.39, 0.29) is 47.4 Å². The number of nitrogens with two attached hydrogens (primary N) is 1. The van der Waals surface area contributed by atoms with Crippen LogP contribution in [0.5, 0.6) is 11.5 Å². The van der Waals surface area contributed by atoms with Crippen LogP contribution in [-0.4, -0.2) is 35.8 Å². The Morgan fingerprint density at radius 3 is 2.49 bits per heavy atom. The van der Waals surface area contributed by atoms with Gasteiger partial charge in [-0.1, -0.05) is 41.9 Å². The van der Waals surface area contributed by atoms with E-state index in [1.165, 1.54) is 0 Å². The Balaban J connectivity index is 1.60. The third-order valence-electron chi connectivity index (χ3n) is 8.01. The Labute approximate surface area is 239 Å². The number of hydrogen-bond acceptors (Lipinski definition) is 5. The van der Waals surface area contributed by atoms with Gasteiger partial charge in [-0.3, -0.25) is 4.79 Å². The molecule has 1 saturated carbocycles. The fourth-order valence-electron chi connectivity index (χ4n) is 5.67. The maximum Gasteiger partial charge on any atom is 0.387 e. The number of halogens is 5. The van der Waals surface area contributed by atoms with Gasteiger partial charge < -0.3 is 25.6 Å². The van der Waals surface area contributed by atoms with E-state index in [4.69, 9.17) is 22.1 Å². The highest BCUT2D eigenvalue weighted by Gasteiger charge is 2.46. The predicted molar refractivity (Wildman–Crippen MR) is 145 cm³/mol. The van der Waals surface area contributed by atoms with Crippen molar-refractivity contribution in [3.63, 3.8) is 0 Å². The van der Waals surface area contributed by atoms with Crippen molar-refractivity contribution in [2.24, 2.45) is 11.7 Å². The smallest absolute Gasteiger partial charge is 0.387 e. The minimum atomic E-state index is -3.35. The van der Waals surface area contributed by atoms with Gasteiger partial charge in [-0.15, -0.1) is 0 Å². The maximum absolute atomic E-state index is 15.8. The minimum absolute atomic E-state index is 0.0607. The van der Waals surface area contributed by atoms with Crippen LogP contribution in [0.4, 0.5) is 17.6 Å². The van der Waals surface area contributed by atoms with Crippen LogP contribution >= 0.6 is 11.6 Å². The van der Waals surface area contributed by atoms with Gasteiger partial charge in [0.1, 0.15) is 11.6 Å². The van der Waals surface area contributed by atoms with Gasteiger partial charge in [-0.25, -0.2) is 8.78 Å². The molecule has 0 radical (unpaired) electrons. The van der Waals surface area contributed by atoms with Gasteiger partial charge >= 0.3 is 6.61 Å². The van der Waals surface area contributed by atoms with E-state index in [9.17, 15) is 18.7 Å². The normalized spacial score (nSPS) is 21.8. The average molecular weight is 593 g/mol. The number of carbonyl (C=O) groups is 1. The second kappa shape index (κ2) is 10.8. The first-order chi connectivity index (χ1) is 19.3. The highest BCUT2D eigenvalue weighted by molar-refractivity contribution is 6.34. The zero-order chi connectivity index (χ0) is 29.7. The third kappa shape index (κ3) is 5.48. The summed E-state index contributed by atoms with van der Waals surface area (Å²) in [6, 6.07) is 12.2. The van der Waals surface area contributed by atoms with Crippen molar-refractivity contribution in [3.8, 4) is 22.6 Å². The molecule has 0 saturated heterocycles. The lowest BCUT2D eigenvalue weighted by Gasteiger charge is -2.44. The van der Waals surface area contributed by atoms with Crippen molar-refractivity contribution in [2.75, 3.05) is 6.54 Å². The van der Waals surface area contributed by atoms with Crippen LogP contribution in [-0.2, 0) is 12.0 Å². The first-order valence-corrected chi connectivity index (χ1v) is 13.5. The summed E-state index contributed by atoms with van der Waals surface area (Å²) in [7, 11) is 0. The molecule has 1 amide bonds. The molecule has 4 N–H and O–H groups in total. The fourth-order valence-corrected chi connectivity index (χ4v) is 5.93. The van der Waals surface area contributed by atoms with Crippen LogP contribution in [0, 0.1) is 17.6 Å². The number of aliphatic hydroxyl groups is 1. The zero-order valence-corrected chi connectivity index (χ0v) is 23.1. The molecule has 6 nitrogen and oxygen atoms in total. The summed E-state index contributed by atoms with van der Waals surface area (Å²) < 4.78 is 67.7. The summed E-state index contributed by atoms with van der Waals surface area (Å²) in [5, 5.41) is 13.3. The predicted octanol–water partition coefficient (Wildman–Crippen LogP) is 5.96. The largest absolute Gasteiger partial charge is 0.480 e. The lowest BCUT2D eigenvalue weighted by Crippen LogP contribution is -2.53. The molecule has 41 heavy (non-hydrogen) atoms. The molecule has 1 aliphatic carbocycles. The monoisotopic (exact) mass is 592 g/mol. The molecule has 11 heteroatoms. The summed E-state index contributed by atoms with van der Waals surface area (Å²) in [6.07, 6.45) is 1.57. The van der Waals surface area contributed by atoms with Crippen LogP contribution in [0.25, 0.3) is 11.1 Å². The van der Waals surface area contributed by atoms with E-state index in [1.807, 2.05) is 30.3 Å².